The number of nitrogens with one attached hydrogen (secondary N) is 1. The highest BCUT2D eigenvalue weighted by molar-refractivity contribution is 7.90. The van der Waals surface area contributed by atoms with Crippen molar-refractivity contribution in [2.45, 2.75) is 13.3 Å². The molecule has 0 unspecified atom stereocenters. The van der Waals surface area contributed by atoms with Crippen molar-refractivity contribution in [3.05, 3.63) is 28.8 Å². The van der Waals surface area contributed by atoms with Gasteiger partial charge in [-0.2, -0.15) is 12.7 Å². The zero-order valence-electron chi connectivity index (χ0n) is 10.6. The summed E-state index contributed by atoms with van der Waals surface area (Å²) >= 11 is 5.78. The third-order valence-electron chi connectivity index (χ3n) is 2.48. The van der Waals surface area contributed by atoms with Gasteiger partial charge >= 0.3 is 16.2 Å². The predicted molar refractivity (Wildman–Crippen MR) is 73.6 cm³/mol. The van der Waals surface area contributed by atoms with Crippen molar-refractivity contribution >= 4 is 33.5 Å². The Bertz CT molecular complexity index is 574. The van der Waals surface area contributed by atoms with E-state index in [4.69, 9.17) is 16.7 Å². The van der Waals surface area contributed by atoms with Gasteiger partial charge in [0.1, 0.15) is 0 Å². The molecule has 0 aliphatic rings. The number of benzene rings is 1. The Kier molecular flexibility index (Phi) is 5.16. The van der Waals surface area contributed by atoms with Gasteiger partial charge in [0.15, 0.2) is 0 Å². The largest absolute Gasteiger partial charge is 0.481 e. The van der Waals surface area contributed by atoms with E-state index in [1.807, 2.05) is 0 Å². The number of hydrogen-bond donors (Lipinski definition) is 2. The van der Waals surface area contributed by atoms with Crippen molar-refractivity contribution in [1.82, 2.24) is 4.31 Å². The van der Waals surface area contributed by atoms with Crippen LogP contribution in [0.15, 0.2) is 18.2 Å². The van der Waals surface area contributed by atoms with Gasteiger partial charge in [-0.25, -0.2) is 0 Å². The van der Waals surface area contributed by atoms with Gasteiger partial charge < -0.3 is 5.11 Å². The van der Waals surface area contributed by atoms with Crippen LogP contribution in [0, 0.1) is 6.92 Å². The van der Waals surface area contributed by atoms with Crippen LogP contribution in [-0.2, 0) is 15.0 Å². The summed E-state index contributed by atoms with van der Waals surface area (Å²) in [7, 11) is -2.45. The van der Waals surface area contributed by atoms with E-state index in [1.165, 1.54) is 7.05 Å². The maximum absolute atomic E-state index is 11.9. The molecule has 0 spiro atoms. The van der Waals surface area contributed by atoms with Crippen LogP contribution in [-0.4, -0.2) is 37.4 Å². The quantitative estimate of drug-likeness (QED) is 0.837. The van der Waals surface area contributed by atoms with Crippen molar-refractivity contribution in [2.24, 2.45) is 0 Å². The van der Waals surface area contributed by atoms with E-state index in [1.54, 1.807) is 25.1 Å². The normalized spacial score (nSPS) is 11.6. The van der Waals surface area contributed by atoms with Gasteiger partial charge in [0.25, 0.3) is 0 Å². The molecule has 1 aromatic carbocycles. The van der Waals surface area contributed by atoms with Crippen LogP contribution in [0.25, 0.3) is 0 Å². The van der Waals surface area contributed by atoms with Crippen LogP contribution in [0.2, 0.25) is 5.02 Å². The average molecular weight is 307 g/mol. The molecule has 0 saturated heterocycles. The Morgan fingerprint density at radius 1 is 1.47 bits per heavy atom. The fourth-order valence-corrected chi connectivity index (χ4v) is 2.55. The topological polar surface area (TPSA) is 86.7 Å². The van der Waals surface area contributed by atoms with Crippen molar-refractivity contribution in [3.63, 3.8) is 0 Å². The fraction of sp³-hybridized carbons (Fsp3) is 0.364. The predicted octanol–water partition coefficient (Wildman–Crippen LogP) is 1.71. The third kappa shape index (κ3) is 4.70. The Labute approximate surface area is 117 Å². The molecule has 0 radical (unpaired) electrons. The van der Waals surface area contributed by atoms with Crippen LogP contribution in [0.3, 0.4) is 0 Å². The van der Waals surface area contributed by atoms with E-state index in [-0.39, 0.29) is 13.0 Å². The molecular weight excluding hydrogens is 292 g/mol. The number of hydrogen-bond acceptors (Lipinski definition) is 3. The molecular formula is C11H15ClN2O4S. The highest BCUT2D eigenvalue weighted by Crippen LogP contribution is 2.21. The first kappa shape index (κ1) is 15.7. The molecule has 1 aromatic rings. The molecule has 1 rings (SSSR count). The SMILES string of the molecule is Cc1cc(Cl)ccc1NS(=O)(=O)N(C)CCC(=O)O. The second kappa shape index (κ2) is 6.23. The summed E-state index contributed by atoms with van der Waals surface area (Å²) in [5.41, 5.74) is 1.09. The molecule has 2 N–H and O–H groups in total. The summed E-state index contributed by atoms with van der Waals surface area (Å²) in [4.78, 5) is 10.4. The molecule has 0 aliphatic carbocycles. The van der Waals surface area contributed by atoms with Gasteiger partial charge in [0.05, 0.1) is 12.1 Å². The number of carboxylic acids is 1. The molecule has 0 aliphatic heterocycles. The number of anilines is 1. The van der Waals surface area contributed by atoms with Gasteiger partial charge in [-0.3, -0.25) is 9.52 Å². The van der Waals surface area contributed by atoms with Gasteiger partial charge in [0.2, 0.25) is 0 Å². The molecule has 19 heavy (non-hydrogen) atoms. The van der Waals surface area contributed by atoms with Crippen LogP contribution in [0.1, 0.15) is 12.0 Å². The van der Waals surface area contributed by atoms with Crippen molar-refractivity contribution in [2.75, 3.05) is 18.3 Å². The Balaban J connectivity index is 2.81. The van der Waals surface area contributed by atoms with E-state index >= 15 is 0 Å². The standard InChI is InChI=1S/C11H15ClN2O4S/c1-8-7-9(12)3-4-10(8)13-19(17,18)14(2)6-5-11(15)16/h3-4,7,13H,5-6H2,1-2H3,(H,15,16). The zero-order valence-corrected chi connectivity index (χ0v) is 12.1. The minimum Gasteiger partial charge on any atom is -0.481 e. The number of nitrogens with zero attached hydrogens (tertiary/aromatic N) is 1. The lowest BCUT2D eigenvalue weighted by molar-refractivity contribution is -0.137. The first-order valence-electron chi connectivity index (χ1n) is 5.44. The Morgan fingerprint density at radius 2 is 2.11 bits per heavy atom. The molecule has 0 fully saturated rings. The van der Waals surface area contributed by atoms with Gasteiger partial charge in [-0.1, -0.05) is 11.6 Å². The summed E-state index contributed by atoms with van der Waals surface area (Å²) in [5.74, 6) is -1.05. The lowest BCUT2D eigenvalue weighted by atomic mass is 10.2. The monoisotopic (exact) mass is 306 g/mol. The summed E-state index contributed by atoms with van der Waals surface area (Å²) in [6.45, 7) is 1.62. The third-order valence-corrected chi connectivity index (χ3v) is 4.19. The molecule has 0 saturated carbocycles. The number of rotatable bonds is 6. The fourth-order valence-electron chi connectivity index (χ4n) is 1.33. The summed E-state index contributed by atoms with van der Waals surface area (Å²) in [6, 6.07) is 4.76. The average Bonchev–Trinajstić information content (AvgIpc) is 2.29. The molecule has 0 heterocycles. The van der Waals surface area contributed by atoms with Crippen molar-refractivity contribution in [1.29, 1.82) is 0 Å². The summed E-state index contributed by atoms with van der Waals surface area (Å²) < 4.78 is 27.2. The number of carboxylic acid groups (broad SMARTS) is 1. The maximum atomic E-state index is 11.9. The summed E-state index contributed by atoms with van der Waals surface area (Å²) in [5, 5.41) is 9.05. The van der Waals surface area contributed by atoms with E-state index in [2.05, 4.69) is 4.72 Å². The van der Waals surface area contributed by atoms with Crippen LogP contribution < -0.4 is 4.72 Å². The van der Waals surface area contributed by atoms with Gasteiger partial charge in [-0.15, -0.1) is 0 Å². The maximum Gasteiger partial charge on any atom is 0.304 e. The molecule has 0 amide bonds. The zero-order chi connectivity index (χ0) is 14.6. The molecule has 0 aromatic heterocycles. The van der Waals surface area contributed by atoms with Crippen molar-refractivity contribution in [3.8, 4) is 0 Å². The highest BCUT2D eigenvalue weighted by Gasteiger charge is 2.19. The Morgan fingerprint density at radius 3 is 2.63 bits per heavy atom. The van der Waals surface area contributed by atoms with Crippen molar-refractivity contribution < 1.29 is 18.3 Å². The van der Waals surface area contributed by atoms with Crippen LogP contribution in [0.5, 0.6) is 0 Å². The smallest absolute Gasteiger partial charge is 0.304 e. The lowest BCUT2D eigenvalue weighted by Gasteiger charge is -2.18. The number of aryl methyl sites for hydroxylation is 1. The molecule has 8 heteroatoms. The van der Waals surface area contributed by atoms with Gasteiger partial charge in [0, 0.05) is 18.6 Å². The number of aliphatic carboxylic acids is 1. The molecule has 0 bridgehead atoms. The first-order chi connectivity index (χ1) is 8.72. The second-order valence-corrected chi connectivity index (χ2v) is 6.25. The van der Waals surface area contributed by atoms with E-state index in [0.717, 1.165) is 4.31 Å². The minimum atomic E-state index is -3.77. The number of carbonyl (C=O) groups is 1. The second-order valence-electron chi connectivity index (χ2n) is 4.03. The van der Waals surface area contributed by atoms with Crippen LogP contribution in [0.4, 0.5) is 5.69 Å². The van der Waals surface area contributed by atoms with E-state index < -0.39 is 16.2 Å². The molecule has 0 atom stereocenters. The number of halogens is 1. The highest BCUT2D eigenvalue weighted by atomic mass is 35.5. The molecule has 106 valence electrons. The lowest BCUT2D eigenvalue weighted by Crippen LogP contribution is -2.34. The van der Waals surface area contributed by atoms with E-state index in [0.29, 0.717) is 16.3 Å². The molecule has 6 nitrogen and oxygen atoms in total. The summed E-state index contributed by atoms with van der Waals surface area (Å²) in [6.07, 6.45) is -0.253. The Hall–Kier alpha value is -1.31. The first-order valence-corrected chi connectivity index (χ1v) is 7.26. The van der Waals surface area contributed by atoms with E-state index in [9.17, 15) is 13.2 Å². The minimum absolute atomic E-state index is 0.0999. The van der Waals surface area contributed by atoms with Gasteiger partial charge in [-0.05, 0) is 30.7 Å². The van der Waals surface area contributed by atoms with Crippen LogP contribution >= 0.6 is 11.6 Å².